The Morgan fingerprint density at radius 1 is 1.71 bits per heavy atom. The molecule has 78 valence electrons. The summed E-state index contributed by atoms with van der Waals surface area (Å²) in [6.45, 7) is 3.84. The average Bonchev–Trinajstić information content (AvgIpc) is 2.78. The minimum absolute atomic E-state index is 0.105. The van der Waals surface area contributed by atoms with Gasteiger partial charge in [-0.15, -0.1) is 0 Å². The van der Waals surface area contributed by atoms with E-state index < -0.39 is 0 Å². The Bertz CT molecular complexity index is 270. The molecule has 1 unspecified atom stereocenters. The second-order valence-electron chi connectivity index (χ2n) is 3.70. The molecule has 0 aromatic carbocycles. The van der Waals surface area contributed by atoms with Crippen LogP contribution in [0.25, 0.3) is 0 Å². The van der Waals surface area contributed by atoms with Crippen LogP contribution in [-0.4, -0.2) is 28.1 Å². The molecule has 1 aromatic rings. The number of anilines is 1. The Morgan fingerprint density at radius 3 is 3.21 bits per heavy atom. The molecular weight excluding hydrogens is 198 g/mol. The fourth-order valence-corrected chi connectivity index (χ4v) is 2.45. The highest BCUT2D eigenvalue weighted by Crippen LogP contribution is 2.28. The Hall–Kier alpha value is -0.680. The van der Waals surface area contributed by atoms with Gasteiger partial charge in [0.1, 0.15) is 6.33 Å². The van der Waals surface area contributed by atoms with Gasteiger partial charge in [0.2, 0.25) is 5.13 Å². The van der Waals surface area contributed by atoms with E-state index in [0.717, 1.165) is 37.6 Å². The zero-order chi connectivity index (χ0) is 9.86. The van der Waals surface area contributed by atoms with Crippen LogP contribution >= 0.6 is 11.5 Å². The lowest BCUT2D eigenvalue weighted by Crippen LogP contribution is -2.38. The Balaban J connectivity index is 2.04. The van der Waals surface area contributed by atoms with Gasteiger partial charge < -0.3 is 10.1 Å². The fraction of sp³-hybridized carbons (Fsp3) is 0.778. The topological polar surface area (TPSA) is 47.0 Å². The number of aromatic nitrogens is 2. The Labute approximate surface area is 87.9 Å². The maximum Gasteiger partial charge on any atom is 0.202 e. The molecule has 4 nitrogen and oxygen atoms in total. The Morgan fingerprint density at radius 2 is 2.64 bits per heavy atom. The Kier molecular flexibility index (Phi) is 2.98. The van der Waals surface area contributed by atoms with E-state index in [0.29, 0.717) is 0 Å². The summed E-state index contributed by atoms with van der Waals surface area (Å²) in [6.07, 6.45) is 4.95. The molecule has 0 saturated carbocycles. The van der Waals surface area contributed by atoms with Crippen LogP contribution in [0.15, 0.2) is 6.33 Å². The molecule has 1 fully saturated rings. The highest BCUT2D eigenvalue weighted by atomic mass is 32.1. The third-order valence-electron chi connectivity index (χ3n) is 2.57. The number of nitrogens with one attached hydrogen (secondary N) is 1. The average molecular weight is 213 g/mol. The summed E-state index contributed by atoms with van der Waals surface area (Å²) < 4.78 is 9.44. The smallest absolute Gasteiger partial charge is 0.202 e. The molecule has 1 N–H and O–H groups in total. The molecule has 0 spiro atoms. The van der Waals surface area contributed by atoms with Crippen molar-refractivity contribution in [3.05, 3.63) is 6.33 Å². The predicted octanol–water partition coefficient (Wildman–Crippen LogP) is 1.91. The first-order valence-electron chi connectivity index (χ1n) is 4.97. The number of hydrogen-bond acceptors (Lipinski definition) is 5. The van der Waals surface area contributed by atoms with Gasteiger partial charge in [-0.2, -0.15) is 4.37 Å². The number of rotatable bonds is 4. The first kappa shape index (κ1) is 9.86. The van der Waals surface area contributed by atoms with Crippen LogP contribution in [-0.2, 0) is 4.74 Å². The standard InChI is InChI=1S/C9H15N3OS/c1-2-3-9(4-5-13-6-9)12-8-10-7-11-14-8/h7H,2-6H2,1H3,(H,10,11,12). The maximum absolute atomic E-state index is 5.46. The fourth-order valence-electron chi connectivity index (χ4n) is 1.90. The van der Waals surface area contributed by atoms with Crippen molar-refractivity contribution in [3.63, 3.8) is 0 Å². The van der Waals surface area contributed by atoms with Crippen molar-refractivity contribution in [2.75, 3.05) is 18.5 Å². The molecule has 14 heavy (non-hydrogen) atoms. The molecule has 0 aliphatic carbocycles. The van der Waals surface area contributed by atoms with Gasteiger partial charge in [-0.25, -0.2) is 4.98 Å². The van der Waals surface area contributed by atoms with Crippen molar-refractivity contribution in [1.29, 1.82) is 0 Å². The minimum Gasteiger partial charge on any atom is -0.379 e. The van der Waals surface area contributed by atoms with E-state index in [9.17, 15) is 0 Å². The summed E-state index contributed by atoms with van der Waals surface area (Å²) in [5.41, 5.74) is 0.105. The normalized spacial score (nSPS) is 26.6. The van der Waals surface area contributed by atoms with Gasteiger partial charge in [0.15, 0.2) is 0 Å². The lowest BCUT2D eigenvalue weighted by molar-refractivity contribution is 0.180. The van der Waals surface area contributed by atoms with E-state index in [1.165, 1.54) is 11.5 Å². The second kappa shape index (κ2) is 4.23. The molecule has 2 heterocycles. The van der Waals surface area contributed by atoms with Crippen molar-refractivity contribution in [1.82, 2.24) is 9.36 Å². The summed E-state index contributed by atoms with van der Waals surface area (Å²) in [5.74, 6) is 0. The number of nitrogens with zero attached hydrogens (tertiary/aromatic N) is 2. The molecule has 2 rings (SSSR count). The first-order chi connectivity index (χ1) is 6.85. The van der Waals surface area contributed by atoms with Crippen LogP contribution in [0.2, 0.25) is 0 Å². The molecule has 0 radical (unpaired) electrons. The van der Waals surface area contributed by atoms with Crippen molar-refractivity contribution in [3.8, 4) is 0 Å². The molecule has 1 aliphatic heterocycles. The first-order valence-corrected chi connectivity index (χ1v) is 5.75. The summed E-state index contributed by atoms with van der Waals surface area (Å²) in [7, 11) is 0. The van der Waals surface area contributed by atoms with Gasteiger partial charge in [-0.3, -0.25) is 0 Å². The molecule has 1 aliphatic rings. The zero-order valence-electron chi connectivity index (χ0n) is 8.32. The van der Waals surface area contributed by atoms with Crippen LogP contribution in [0.5, 0.6) is 0 Å². The van der Waals surface area contributed by atoms with Crippen LogP contribution in [0, 0.1) is 0 Å². The molecule has 5 heteroatoms. The van der Waals surface area contributed by atoms with E-state index in [1.54, 1.807) is 6.33 Å². The van der Waals surface area contributed by atoms with Gasteiger partial charge in [-0.1, -0.05) is 13.3 Å². The summed E-state index contributed by atoms with van der Waals surface area (Å²) in [6, 6.07) is 0. The number of ether oxygens (including phenoxy) is 1. The monoisotopic (exact) mass is 213 g/mol. The van der Waals surface area contributed by atoms with E-state index >= 15 is 0 Å². The molecule has 0 bridgehead atoms. The highest BCUT2D eigenvalue weighted by Gasteiger charge is 2.34. The maximum atomic E-state index is 5.46. The number of hydrogen-bond donors (Lipinski definition) is 1. The lowest BCUT2D eigenvalue weighted by Gasteiger charge is -2.27. The van der Waals surface area contributed by atoms with Gasteiger partial charge in [-0.05, 0) is 12.8 Å². The third kappa shape index (κ3) is 2.04. The SMILES string of the molecule is CCCC1(Nc2ncns2)CCOC1. The van der Waals surface area contributed by atoms with Crippen LogP contribution in [0.3, 0.4) is 0 Å². The summed E-state index contributed by atoms with van der Waals surface area (Å²) >= 11 is 1.41. The van der Waals surface area contributed by atoms with E-state index in [-0.39, 0.29) is 5.54 Å². The molecule has 1 saturated heterocycles. The quantitative estimate of drug-likeness (QED) is 0.830. The van der Waals surface area contributed by atoms with Crippen molar-refractivity contribution in [2.24, 2.45) is 0 Å². The van der Waals surface area contributed by atoms with Crippen molar-refractivity contribution >= 4 is 16.7 Å². The van der Waals surface area contributed by atoms with Crippen LogP contribution < -0.4 is 5.32 Å². The third-order valence-corrected chi connectivity index (χ3v) is 3.15. The van der Waals surface area contributed by atoms with E-state index in [2.05, 4.69) is 21.6 Å². The van der Waals surface area contributed by atoms with Crippen LogP contribution in [0.1, 0.15) is 26.2 Å². The molecule has 1 atom stereocenters. The van der Waals surface area contributed by atoms with Crippen molar-refractivity contribution in [2.45, 2.75) is 31.7 Å². The van der Waals surface area contributed by atoms with Gasteiger partial charge >= 0.3 is 0 Å². The van der Waals surface area contributed by atoms with Crippen molar-refractivity contribution < 1.29 is 4.74 Å². The summed E-state index contributed by atoms with van der Waals surface area (Å²) in [5, 5.41) is 4.36. The molecule has 1 aromatic heterocycles. The minimum atomic E-state index is 0.105. The van der Waals surface area contributed by atoms with Crippen LogP contribution in [0.4, 0.5) is 5.13 Å². The summed E-state index contributed by atoms with van der Waals surface area (Å²) in [4.78, 5) is 4.15. The van der Waals surface area contributed by atoms with Gasteiger partial charge in [0.25, 0.3) is 0 Å². The predicted molar refractivity (Wildman–Crippen MR) is 56.6 cm³/mol. The van der Waals surface area contributed by atoms with Gasteiger partial charge in [0, 0.05) is 18.1 Å². The zero-order valence-corrected chi connectivity index (χ0v) is 9.14. The largest absolute Gasteiger partial charge is 0.379 e. The van der Waals surface area contributed by atoms with E-state index in [1.807, 2.05) is 0 Å². The van der Waals surface area contributed by atoms with E-state index in [4.69, 9.17) is 4.74 Å². The second-order valence-corrected chi connectivity index (χ2v) is 4.48. The highest BCUT2D eigenvalue weighted by molar-refractivity contribution is 7.09. The molecular formula is C9H15N3OS. The lowest BCUT2D eigenvalue weighted by atomic mass is 9.93. The molecule has 0 amide bonds. The van der Waals surface area contributed by atoms with Gasteiger partial charge in [0.05, 0.1) is 12.1 Å².